The van der Waals surface area contributed by atoms with Crippen molar-refractivity contribution in [2.75, 3.05) is 26.0 Å². The third-order valence-electron chi connectivity index (χ3n) is 2.47. The maximum Gasteiger partial charge on any atom is 0.244 e. The van der Waals surface area contributed by atoms with E-state index in [0.717, 1.165) is 5.56 Å². The Bertz CT molecular complexity index is 432. The maximum atomic E-state index is 11.5. The summed E-state index contributed by atoms with van der Waals surface area (Å²) in [6.07, 6.45) is 3.05. The minimum absolute atomic E-state index is 0.202. The maximum absolute atomic E-state index is 11.5. The van der Waals surface area contributed by atoms with Gasteiger partial charge in [-0.1, -0.05) is 12.1 Å². The van der Waals surface area contributed by atoms with Crippen molar-refractivity contribution in [3.05, 3.63) is 35.9 Å². The normalized spacial score (nSPS) is 12.5. The predicted molar refractivity (Wildman–Crippen MR) is 75.4 cm³/mol. The van der Waals surface area contributed by atoms with Crippen molar-refractivity contribution >= 4 is 17.7 Å². The van der Waals surface area contributed by atoms with E-state index in [4.69, 9.17) is 10.5 Å². The van der Waals surface area contributed by atoms with E-state index < -0.39 is 6.10 Å². The summed E-state index contributed by atoms with van der Waals surface area (Å²) in [5.74, 6) is -0.202. The van der Waals surface area contributed by atoms with Crippen molar-refractivity contribution in [2.45, 2.75) is 12.5 Å². The first-order chi connectivity index (χ1) is 9.11. The molecule has 1 amide bonds. The molecule has 1 aromatic rings. The number of methoxy groups -OCH3 is 1. The fourth-order valence-corrected chi connectivity index (χ4v) is 1.53. The second-order valence-corrected chi connectivity index (χ2v) is 4.19. The second-order valence-electron chi connectivity index (χ2n) is 4.19. The number of hydrogen-bond acceptors (Lipinski definition) is 4. The van der Waals surface area contributed by atoms with Crippen molar-refractivity contribution in [1.29, 1.82) is 0 Å². The molecule has 4 N–H and O–H groups in total. The monoisotopic (exact) mass is 264 g/mol. The smallest absolute Gasteiger partial charge is 0.244 e. The van der Waals surface area contributed by atoms with Crippen LogP contribution >= 0.6 is 0 Å². The molecule has 5 heteroatoms. The van der Waals surface area contributed by atoms with Crippen LogP contribution in [0.3, 0.4) is 0 Å². The van der Waals surface area contributed by atoms with Crippen LogP contribution in [0.15, 0.2) is 30.3 Å². The Morgan fingerprint density at radius 3 is 3.05 bits per heavy atom. The van der Waals surface area contributed by atoms with Crippen LogP contribution in [0.25, 0.3) is 6.08 Å². The van der Waals surface area contributed by atoms with E-state index in [1.165, 1.54) is 13.2 Å². The molecule has 1 rings (SSSR count). The molecule has 1 aromatic carbocycles. The van der Waals surface area contributed by atoms with Gasteiger partial charge in [0.25, 0.3) is 0 Å². The van der Waals surface area contributed by atoms with Crippen LogP contribution < -0.4 is 11.1 Å². The Balaban J connectivity index is 2.31. The molecule has 0 aromatic heterocycles. The number of anilines is 1. The van der Waals surface area contributed by atoms with Crippen LogP contribution in [0.5, 0.6) is 0 Å². The lowest BCUT2D eigenvalue weighted by Crippen LogP contribution is -2.27. The summed E-state index contributed by atoms with van der Waals surface area (Å²) in [7, 11) is 1.52. The molecule has 0 bridgehead atoms. The van der Waals surface area contributed by atoms with Crippen molar-refractivity contribution in [3.8, 4) is 0 Å². The van der Waals surface area contributed by atoms with Gasteiger partial charge in [0, 0.05) is 25.4 Å². The molecule has 19 heavy (non-hydrogen) atoms. The number of nitrogen functional groups attached to an aromatic ring is 1. The highest BCUT2D eigenvalue weighted by atomic mass is 16.5. The number of carbonyl (C=O) groups is 1. The van der Waals surface area contributed by atoms with Crippen LogP contribution in [-0.2, 0) is 9.53 Å². The lowest BCUT2D eigenvalue weighted by atomic mass is 10.2. The quantitative estimate of drug-likeness (QED) is 0.502. The predicted octanol–water partition coefficient (Wildman–Crippen LogP) is 0.796. The van der Waals surface area contributed by atoms with Gasteiger partial charge in [0.2, 0.25) is 5.91 Å². The van der Waals surface area contributed by atoms with Gasteiger partial charge < -0.3 is 20.9 Å². The highest BCUT2D eigenvalue weighted by Crippen LogP contribution is 2.07. The van der Waals surface area contributed by atoms with E-state index in [-0.39, 0.29) is 12.5 Å². The zero-order chi connectivity index (χ0) is 14.1. The Kier molecular flexibility index (Phi) is 6.63. The number of nitrogens with two attached hydrogens (primary N) is 1. The van der Waals surface area contributed by atoms with E-state index in [0.29, 0.717) is 18.7 Å². The summed E-state index contributed by atoms with van der Waals surface area (Å²) >= 11 is 0. The average molecular weight is 264 g/mol. The van der Waals surface area contributed by atoms with Crippen molar-refractivity contribution in [3.63, 3.8) is 0 Å². The first-order valence-electron chi connectivity index (χ1n) is 6.10. The average Bonchev–Trinajstić information content (AvgIpc) is 2.37. The lowest BCUT2D eigenvalue weighted by Gasteiger charge is -2.08. The molecule has 0 saturated carbocycles. The third kappa shape index (κ3) is 6.59. The number of amides is 1. The summed E-state index contributed by atoms with van der Waals surface area (Å²) in [5, 5.41) is 12.1. The van der Waals surface area contributed by atoms with Gasteiger partial charge in [-0.05, 0) is 30.2 Å². The van der Waals surface area contributed by atoms with Gasteiger partial charge in [0.05, 0.1) is 12.7 Å². The fourth-order valence-electron chi connectivity index (χ4n) is 1.53. The number of aliphatic hydroxyl groups is 1. The first kappa shape index (κ1) is 15.2. The van der Waals surface area contributed by atoms with Crippen LogP contribution in [0, 0.1) is 0 Å². The number of benzene rings is 1. The zero-order valence-electron chi connectivity index (χ0n) is 11.0. The molecule has 1 atom stereocenters. The standard InChI is InChI=1S/C14H20N2O3/c1-19-10-13(17)7-8-16-14(18)6-5-11-3-2-4-12(15)9-11/h2-6,9,13,17H,7-8,10,15H2,1H3,(H,16,18)/b6-5+. The SMILES string of the molecule is COCC(O)CCNC(=O)/C=C/c1cccc(N)c1. The number of ether oxygens (including phenoxy) is 1. The van der Waals surface area contributed by atoms with Gasteiger partial charge in [0.1, 0.15) is 0 Å². The number of aliphatic hydroxyl groups excluding tert-OH is 1. The number of carbonyl (C=O) groups excluding carboxylic acids is 1. The highest BCUT2D eigenvalue weighted by Gasteiger charge is 2.03. The molecule has 0 aliphatic heterocycles. The summed E-state index contributed by atoms with van der Waals surface area (Å²) < 4.78 is 4.79. The number of rotatable bonds is 7. The Hall–Kier alpha value is -1.85. The molecule has 0 spiro atoms. The van der Waals surface area contributed by atoms with Gasteiger partial charge >= 0.3 is 0 Å². The Morgan fingerprint density at radius 1 is 1.58 bits per heavy atom. The van der Waals surface area contributed by atoms with Gasteiger partial charge in [-0.15, -0.1) is 0 Å². The molecule has 0 radical (unpaired) electrons. The zero-order valence-corrected chi connectivity index (χ0v) is 11.0. The largest absolute Gasteiger partial charge is 0.399 e. The highest BCUT2D eigenvalue weighted by molar-refractivity contribution is 5.91. The molecular formula is C14H20N2O3. The second kappa shape index (κ2) is 8.29. The molecule has 0 saturated heterocycles. The van der Waals surface area contributed by atoms with E-state index in [1.54, 1.807) is 18.2 Å². The molecule has 104 valence electrons. The first-order valence-corrected chi connectivity index (χ1v) is 6.10. The van der Waals surface area contributed by atoms with Crippen molar-refractivity contribution in [1.82, 2.24) is 5.32 Å². The van der Waals surface area contributed by atoms with Gasteiger partial charge in [-0.25, -0.2) is 0 Å². The minimum Gasteiger partial charge on any atom is -0.399 e. The summed E-state index contributed by atoms with van der Waals surface area (Å²) in [6.45, 7) is 0.680. The van der Waals surface area contributed by atoms with Crippen molar-refractivity contribution < 1.29 is 14.6 Å². The fraction of sp³-hybridized carbons (Fsp3) is 0.357. The summed E-state index contributed by atoms with van der Waals surface area (Å²) in [6, 6.07) is 7.26. The molecule has 5 nitrogen and oxygen atoms in total. The van der Waals surface area contributed by atoms with E-state index in [1.807, 2.05) is 12.1 Å². The van der Waals surface area contributed by atoms with Crippen LogP contribution in [0.2, 0.25) is 0 Å². The lowest BCUT2D eigenvalue weighted by molar-refractivity contribution is -0.116. The van der Waals surface area contributed by atoms with Crippen LogP contribution in [0.1, 0.15) is 12.0 Å². The van der Waals surface area contributed by atoms with Gasteiger partial charge in [-0.2, -0.15) is 0 Å². The molecular weight excluding hydrogens is 244 g/mol. The van der Waals surface area contributed by atoms with E-state index in [2.05, 4.69) is 5.32 Å². The van der Waals surface area contributed by atoms with E-state index in [9.17, 15) is 9.90 Å². The number of nitrogens with one attached hydrogen (secondary N) is 1. The summed E-state index contributed by atoms with van der Waals surface area (Å²) in [4.78, 5) is 11.5. The topological polar surface area (TPSA) is 84.6 Å². The third-order valence-corrected chi connectivity index (χ3v) is 2.47. The van der Waals surface area contributed by atoms with Gasteiger partial charge in [0.15, 0.2) is 0 Å². The minimum atomic E-state index is -0.553. The Morgan fingerprint density at radius 2 is 2.37 bits per heavy atom. The summed E-state index contributed by atoms with van der Waals surface area (Å²) in [5.41, 5.74) is 7.16. The molecule has 1 unspecified atom stereocenters. The van der Waals surface area contributed by atoms with Gasteiger partial charge in [-0.3, -0.25) is 4.79 Å². The van der Waals surface area contributed by atoms with E-state index >= 15 is 0 Å². The molecule has 0 aliphatic rings. The number of hydrogen-bond donors (Lipinski definition) is 3. The molecule has 0 fully saturated rings. The molecule has 0 aliphatic carbocycles. The van der Waals surface area contributed by atoms with Crippen LogP contribution in [-0.4, -0.2) is 37.4 Å². The Labute approximate surface area is 113 Å². The van der Waals surface area contributed by atoms with Crippen molar-refractivity contribution in [2.24, 2.45) is 0 Å². The van der Waals surface area contributed by atoms with Crippen LogP contribution in [0.4, 0.5) is 5.69 Å². The molecule has 0 heterocycles.